The summed E-state index contributed by atoms with van der Waals surface area (Å²) in [4.78, 5) is 1.11. The van der Waals surface area contributed by atoms with E-state index < -0.39 is 0 Å². The zero-order valence-corrected chi connectivity index (χ0v) is 13.1. The van der Waals surface area contributed by atoms with Crippen molar-refractivity contribution in [1.29, 1.82) is 0 Å². The Balaban J connectivity index is 1.95. The van der Waals surface area contributed by atoms with Crippen molar-refractivity contribution in [2.45, 2.75) is 13.8 Å². The number of benzene rings is 1. The van der Waals surface area contributed by atoms with Gasteiger partial charge in [-0.05, 0) is 37.4 Å². The molecule has 0 radical (unpaired) electrons. The smallest absolute Gasteiger partial charge is 0.118 e. The van der Waals surface area contributed by atoms with Gasteiger partial charge >= 0.3 is 0 Å². The van der Waals surface area contributed by atoms with Crippen LogP contribution in [-0.4, -0.2) is 20.0 Å². The Bertz CT molecular complexity index is 937. The lowest BCUT2D eigenvalue weighted by molar-refractivity contribution is 0.890. The van der Waals surface area contributed by atoms with E-state index in [9.17, 15) is 0 Å². The van der Waals surface area contributed by atoms with Gasteiger partial charge in [-0.2, -0.15) is 10.2 Å². The molecule has 0 atom stereocenters. The Morgan fingerprint density at radius 2 is 1.82 bits per heavy atom. The van der Waals surface area contributed by atoms with E-state index in [2.05, 4.69) is 47.5 Å². The predicted octanol–water partition coefficient (Wildman–Crippen LogP) is 4.16. The Morgan fingerprint density at radius 3 is 2.55 bits per heavy atom. The minimum atomic E-state index is 0.848. The van der Waals surface area contributed by atoms with E-state index in [4.69, 9.17) is 5.10 Å². The maximum atomic E-state index is 4.70. The normalized spacial score (nSPS) is 11.2. The monoisotopic (exact) mass is 306 g/mol. The van der Waals surface area contributed by atoms with Crippen molar-refractivity contribution in [3.05, 3.63) is 59.2 Å². The van der Waals surface area contributed by atoms with Crippen molar-refractivity contribution < 1.29 is 0 Å². The maximum absolute atomic E-state index is 4.70. The summed E-state index contributed by atoms with van der Waals surface area (Å²) in [6.45, 7) is 4.02. The SMILES string of the molecule is Cc1ccc(-n2cc3c(-c4cccs4)nnc(C)c3n2)cc1. The van der Waals surface area contributed by atoms with Crippen molar-refractivity contribution in [1.82, 2.24) is 20.0 Å². The number of aromatic nitrogens is 4. The minimum Gasteiger partial charge on any atom is -0.240 e. The fraction of sp³-hybridized carbons (Fsp3) is 0.118. The zero-order chi connectivity index (χ0) is 15.1. The Hall–Kier alpha value is -2.53. The molecule has 4 nitrogen and oxygen atoms in total. The van der Waals surface area contributed by atoms with E-state index in [-0.39, 0.29) is 0 Å². The van der Waals surface area contributed by atoms with Gasteiger partial charge < -0.3 is 0 Å². The van der Waals surface area contributed by atoms with Gasteiger partial charge in [0.15, 0.2) is 0 Å². The summed E-state index contributed by atoms with van der Waals surface area (Å²) in [7, 11) is 0. The van der Waals surface area contributed by atoms with Crippen LogP contribution in [0.3, 0.4) is 0 Å². The molecule has 0 aliphatic carbocycles. The molecule has 0 aliphatic rings. The molecule has 3 heterocycles. The molecule has 108 valence electrons. The second-order valence-corrected chi connectivity index (χ2v) is 6.23. The van der Waals surface area contributed by atoms with Crippen LogP contribution < -0.4 is 0 Å². The lowest BCUT2D eigenvalue weighted by Crippen LogP contribution is -1.94. The summed E-state index contributed by atoms with van der Waals surface area (Å²) in [5.74, 6) is 0. The van der Waals surface area contributed by atoms with Crippen molar-refractivity contribution in [2.24, 2.45) is 0 Å². The minimum absolute atomic E-state index is 0.848. The summed E-state index contributed by atoms with van der Waals surface area (Å²) in [5.41, 5.74) is 4.92. The third kappa shape index (κ3) is 2.10. The van der Waals surface area contributed by atoms with Gasteiger partial charge in [0.2, 0.25) is 0 Å². The third-order valence-corrected chi connectivity index (χ3v) is 4.54. The second kappa shape index (κ2) is 5.03. The average molecular weight is 306 g/mol. The molecule has 4 aromatic rings. The number of hydrogen-bond acceptors (Lipinski definition) is 4. The lowest BCUT2D eigenvalue weighted by Gasteiger charge is -2.00. The van der Waals surface area contributed by atoms with Gasteiger partial charge in [-0.1, -0.05) is 23.8 Å². The molecule has 0 aliphatic heterocycles. The Labute approximate surface area is 132 Å². The lowest BCUT2D eigenvalue weighted by atomic mass is 10.2. The van der Waals surface area contributed by atoms with Gasteiger partial charge in [0, 0.05) is 6.20 Å². The van der Waals surface area contributed by atoms with Crippen LogP contribution in [0.4, 0.5) is 0 Å². The van der Waals surface area contributed by atoms with Crippen LogP contribution in [0, 0.1) is 13.8 Å². The highest BCUT2D eigenvalue weighted by atomic mass is 32.1. The van der Waals surface area contributed by atoms with Crippen LogP contribution in [0.2, 0.25) is 0 Å². The molecule has 0 N–H and O–H groups in total. The van der Waals surface area contributed by atoms with Crippen LogP contribution >= 0.6 is 11.3 Å². The number of nitrogens with zero attached hydrogens (tertiary/aromatic N) is 4. The average Bonchev–Trinajstić information content (AvgIpc) is 3.18. The van der Waals surface area contributed by atoms with E-state index >= 15 is 0 Å². The zero-order valence-electron chi connectivity index (χ0n) is 12.3. The number of rotatable bonds is 2. The van der Waals surface area contributed by atoms with Crippen LogP contribution in [0.15, 0.2) is 48.0 Å². The van der Waals surface area contributed by atoms with Gasteiger partial charge in [-0.15, -0.1) is 16.4 Å². The summed E-state index contributed by atoms with van der Waals surface area (Å²) in [6, 6.07) is 12.4. The first-order valence-corrected chi connectivity index (χ1v) is 7.94. The Morgan fingerprint density at radius 1 is 1.00 bits per heavy atom. The first-order chi connectivity index (χ1) is 10.7. The number of hydrogen-bond donors (Lipinski definition) is 0. The Kier molecular flexibility index (Phi) is 3.01. The highest BCUT2D eigenvalue weighted by molar-refractivity contribution is 7.13. The van der Waals surface area contributed by atoms with Crippen molar-refractivity contribution in [3.63, 3.8) is 0 Å². The van der Waals surface area contributed by atoms with Gasteiger partial charge in [-0.3, -0.25) is 0 Å². The standard InChI is InChI=1S/C17H14N4S/c1-11-5-7-13(8-6-11)21-10-14-16(20-21)12(2)18-19-17(14)15-4-3-9-22-15/h3-10H,1-2H3. The maximum Gasteiger partial charge on any atom is 0.118 e. The molecule has 0 saturated carbocycles. The van der Waals surface area contributed by atoms with Gasteiger partial charge in [0.25, 0.3) is 0 Å². The summed E-state index contributed by atoms with van der Waals surface area (Å²) in [6.07, 6.45) is 2.04. The molecular weight excluding hydrogens is 292 g/mol. The fourth-order valence-corrected chi connectivity index (χ4v) is 3.19. The number of aryl methyl sites for hydroxylation is 2. The topological polar surface area (TPSA) is 43.6 Å². The summed E-state index contributed by atoms with van der Waals surface area (Å²) < 4.78 is 1.90. The van der Waals surface area contributed by atoms with E-state index in [1.807, 2.05) is 29.2 Å². The van der Waals surface area contributed by atoms with Gasteiger partial charge in [-0.25, -0.2) is 4.68 Å². The first kappa shape index (κ1) is 13.2. The molecule has 22 heavy (non-hydrogen) atoms. The molecule has 0 bridgehead atoms. The second-order valence-electron chi connectivity index (χ2n) is 5.28. The van der Waals surface area contributed by atoms with E-state index in [0.717, 1.165) is 32.9 Å². The third-order valence-electron chi connectivity index (χ3n) is 3.67. The molecule has 0 amide bonds. The summed E-state index contributed by atoms with van der Waals surface area (Å²) in [5, 5.41) is 16.4. The van der Waals surface area contributed by atoms with Crippen LogP contribution in [0.5, 0.6) is 0 Å². The molecule has 0 unspecified atom stereocenters. The van der Waals surface area contributed by atoms with E-state index in [0.29, 0.717) is 0 Å². The quantitative estimate of drug-likeness (QED) is 0.558. The number of thiophene rings is 1. The van der Waals surface area contributed by atoms with E-state index in [1.165, 1.54) is 5.56 Å². The molecule has 0 spiro atoms. The molecule has 4 rings (SSSR count). The van der Waals surface area contributed by atoms with E-state index in [1.54, 1.807) is 11.3 Å². The molecule has 1 aromatic carbocycles. The molecule has 3 aromatic heterocycles. The fourth-order valence-electron chi connectivity index (χ4n) is 2.47. The van der Waals surface area contributed by atoms with Crippen LogP contribution in [0.1, 0.15) is 11.3 Å². The molecule has 5 heteroatoms. The molecule has 0 fully saturated rings. The van der Waals surface area contributed by atoms with Crippen LogP contribution in [0.25, 0.3) is 27.2 Å². The van der Waals surface area contributed by atoms with Crippen molar-refractivity contribution in [2.75, 3.05) is 0 Å². The van der Waals surface area contributed by atoms with Crippen molar-refractivity contribution in [3.8, 4) is 16.3 Å². The van der Waals surface area contributed by atoms with Crippen molar-refractivity contribution >= 4 is 22.2 Å². The molecule has 0 saturated heterocycles. The first-order valence-electron chi connectivity index (χ1n) is 7.06. The van der Waals surface area contributed by atoms with Gasteiger partial charge in [0.05, 0.1) is 21.6 Å². The highest BCUT2D eigenvalue weighted by Gasteiger charge is 2.14. The highest BCUT2D eigenvalue weighted by Crippen LogP contribution is 2.30. The largest absolute Gasteiger partial charge is 0.240 e. The number of fused-ring (bicyclic) bond motifs is 1. The molecular formula is C17H14N4S. The van der Waals surface area contributed by atoms with Crippen LogP contribution in [-0.2, 0) is 0 Å². The summed E-state index contributed by atoms with van der Waals surface area (Å²) >= 11 is 1.66. The predicted molar refractivity (Wildman–Crippen MR) is 89.4 cm³/mol. The van der Waals surface area contributed by atoms with Gasteiger partial charge in [0.1, 0.15) is 11.2 Å².